The number of nitrogens with zero attached hydrogens (tertiary/aromatic N) is 2. The lowest BCUT2D eigenvalue weighted by Gasteiger charge is -2.31. The molecule has 0 fully saturated rings. The van der Waals surface area contributed by atoms with Crippen molar-refractivity contribution in [3.05, 3.63) is 34.3 Å². The standard InChI is InChI=1S/C23H36N2S5/c1-3-4-5-6-7-8-9-10-11-12-15-30(27,28)22-14-13-20(26)17-21(22)19(2)16-23-25-24-18-29-23/h13-14,16-18,26-28H,3-12,15H2,1-2H3. The highest BCUT2D eigenvalue weighted by atomic mass is 33.5. The number of aromatic nitrogens is 2. The van der Waals surface area contributed by atoms with E-state index in [2.05, 4.69) is 54.9 Å². The summed E-state index contributed by atoms with van der Waals surface area (Å²) in [5.74, 6) is 1.03. The van der Waals surface area contributed by atoms with Gasteiger partial charge < -0.3 is 0 Å². The summed E-state index contributed by atoms with van der Waals surface area (Å²) in [5.41, 5.74) is 4.08. The van der Waals surface area contributed by atoms with Gasteiger partial charge in [-0.15, -0.1) is 65.6 Å². The van der Waals surface area contributed by atoms with Crippen LogP contribution in [0.4, 0.5) is 0 Å². The van der Waals surface area contributed by atoms with Gasteiger partial charge in [0.15, 0.2) is 0 Å². The zero-order chi connectivity index (χ0) is 21.8. The molecule has 0 bridgehead atoms. The van der Waals surface area contributed by atoms with Crippen LogP contribution in [0, 0.1) is 0 Å². The van der Waals surface area contributed by atoms with Crippen molar-refractivity contribution in [1.82, 2.24) is 10.2 Å². The van der Waals surface area contributed by atoms with Crippen molar-refractivity contribution in [3.8, 4) is 0 Å². The van der Waals surface area contributed by atoms with Crippen LogP contribution in [0.1, 0.15) is 88.6 Å². The highest BCUT2D eigenvalue weighted by Crippen LogP contribution is 2.66. The molecule has 0 amide bonds. The minimum atomic E-state index is -1.46. The lowest BCUT2D eigenvalue weighted by molar-refractivity contribution is 0.563. The highest BCUT2D eigenvalue weighted by molar-refractivity contribution is 9.18. The van der Waals surface area contributed by atoms with Crippen molar-refractivity contribution >= 4 is 67.0 Å². The highest BCUT2D eigenvalue weighted by Gasteiger charge is 2.21. The summed E-state index contributed by atoms with van der Waals surface area (Å²) in [4.78, 5) is 2.18. The molecule has 0 aliphatic carbocycles. The summed E-state index contributed by atoms with van der Waals surface area (Å²) in [5, 5.41) is 8.99. The fourth-order valence-electron chi connectivity index (χ4n) is 3.52. The van der Waals surface area contributed by atoms with Gasteiger partial charge in [0.25, 0.3) is 0 Å². The first-order chi connectivity index (χ1) is 14.4. The van der Waals surface area contributed by atoms with Gasteiger partial charge in [0.05, 0.1) is 0 Å². The van der Waals surface area contributed by atoms with Crippen LogP contribution in [-0.2, 0) is 0 Å². The Hall–Kier alpha value is -0.0800. The maximum atomic E-state index is 5.05. The van der Waals surface area contributed by atoms with E-state index in [9.17, 15) is 0 Å². The molecular formula is C23H36N2S5. The lowest BCUT2D eigenvalue weighted by Crippen LogP contribution is -1.98. The molecule has 0 saturated carbocycles. The van der Waals surface area contributed by atoms with Crippen LogP contribution >= 0.6 is 55.4 Å². The Morgan fingerprint density at radius 2 is 1.63 bits per heavy atom. The second kappa shape index (κ2) is 14.1. The predicted molar refractivity (Wildman–Crippen MR) is 148 cm³/mol. The van der Waals surface area contributed by atoms with E-state index < -0.39 is 8.09 Å². The van der Waals surface area contributed by atoms with Crippen molar-refractivity contribution in [2.24, 2.45) is 0 Å². The molecule has 1 aromatic carbocycles. The zero-order valence-corrected chi connectivity index (χ0v) is 22.5. The molecule has 0 atom stereocenters. The van der Waals surface area contributed by atoms with Gasteiger partial charge >= 0.3 is 0 Å². The predicted octanol–water partition coefficient (Wildman–Crippen LogP) is 9.16. The van der Waals surface area contributed by atoms with Crippen LogP contribution in [0.25, 0.3) is 11.6 Å². The Morgan fingerprint density at radius 3 is 2.23 bits per heavy atom. The van der Waals surface area contributed by atoms with E-state index in [-0.39, 0.29) is 0 Å². The van der Waals surface area contributed by atoms with E-state index in [1.165, 1.54) is 74.7 Å². The molecule has 30 heavy (non-hydrogen) atoms. The molecule has 0 aliphatic rings. The van der Waals surface area contributed by atoms with E-state index in [1.807, 2.05) is 6.07 Å². The van der Waals surface area contributed by atoms with E-state index >= 15 is 0 Å². The maximum absolute atomic E-state index is 5.05. The number of hydrogen-bond acceptors (Lipinski definition) is 6. The molecule has 0 N–H and O–H groups in total. The molecule has 0 spiro atoms. The van der Waals surface area contributed by atoms with Crippen LogP contribution in [0.2, 0.25) is 0 Å². The number of unbranched alkanes of at least 4 members (excludes halogenated alkanes) is 9. The number of rotatable bonds is 14. The summed E-state index contributed by atoms with van der Waals surface area (Å²) in [6.07, 6.45) is 15.5. The number of thiol groups is 3. The quantitative estimate of drug-likeness (QED) is 0.137. The Labute approximate surface area is 204 Å². The van der Waals surface area contributed by atoms with Crippen molar-refractivity contribution in [2.75, 3.05) is 5.75 Å². The summed E-state index contributed by atoms with van der Waals surface area (Å²) in [6, 6.07) is 6.33. The first-order valence-corrected chi connectivity index (χ1v) is 16.2. The molecule has 1 aromatic heterocycles. The first-order valence-electron chi connectivity index (χ1n) is 11.0. The monoisotopic (exact) mass is 500 g/mol. The fraction of sp³-hybridized carbons (Fsp3) is 0.565. The van der Waals surface area contributed by atoms with Gasteiger partial charge in [-0.1, -0.05) is 64.7 Å². The number of benzene rings is 1. The van der Waals surface area contributed by atoms with E-state index in [0.29, 0.717) is 0 Å². The molecule has 7 heteroatoms. The van der Waals surface area contributed by atoms with Gasteiger partial charge in [0, 0.05) is 9.79 Å². The summed E-state index contributed by atoms with van der Waals surface area (Å²) in [6.45, 7) is 4.39. The Morgan fingerprint density at radius 1 is 1.00 bits per heavy atom. The van der Waals surface area contributed by atoms with Gasteiger partial charge in [0.1, 0.15) is 10.5 Å². The van der Waals surface area contributed by atoms with E-state index in [0.717, 1.165) is 21.2 Å². The Bertz CT molecular complexity index is 772. The zero-order valence-electron chi connectivity index (χ0n) is 18.2. The number of allylic oxidation sites excluding steroid dienone is 1. The summed E-state index contributed by atoms with van der Waals surface area (Å²) < 4.78 is 0. The third-order valence-corrected chi connectivity index (χ3v) is 10.4. The number of hydrogen-bond donors (Lipinski definition) is 3. The average Bonchev–Trinajstić information content (AvgIpc) is 3.22. The topological polar surface area (TPSA) is 25.8 Å². The van der Waals surface area contributed by atoms with Crippen LogP contribution in [-0.4, -0.2) is 16.0 Å². The lowest BCUT2D eigenvalue weighted by atomic mass is 10.1. The Balaban J connectivity index is 1.88. The summed E-state index contributed by atoms with van der Waals surface area (Å²) >= 11 is 16.2. The fourth-order valence-corrected chi connectivity index (χ4v) is 7.68. The van der Waals surface area contributed by atoms with Crippen molar-refractivity contribution < 1.29 is 0 Å². The molecule has 1 heterocycles. The molecule has 0 radical (unpaired) electrons. The van der Waals surface area contributed by atoms with Crippen LogP contribution in [0.15, 0.2) is 33.5 Å². The smallest absolute Gasteiger partial charge is 0.140 e. The average molecular weight is 501 g/mol. The molecule has 0 saturated heterocycles. The van der Waals surface area contributed by atoms with Gasteiger partial charge in [0.2, 0.25) is 0 Å². The molecular weight excluding hydrogens is 465 g/mol. The molecule has 0 unspecified atom stereocenters. The second-order valence-electron chi connectivity index (χ2n) is 7.84. The molecule has 168 valence electrons. The Kier molecular flexibility index (Phi) is 12.3. The normalized spacial score (nSPS) is 13.0. The third-order valence-electron chi connectivity index (χ3n) is 5.24. The van der Waals surface area contributed by atoms with Gasteiger partial charge in [-0.05, 0) is 54.5 Å². The van der Waals surface area contributed by atoms with Crippen molar-refractivity contribution in [3.63, 3.8) is 0 Å². The largest absolute Gasteiger partial charge is 0.147 e. The molecule has 2 rings (SSSR count). The third kappa shape index (κ3) is 9.19. The minimum Gasteiger partial charge on any atom is -0.147 e. The molecule has 2 nitrogen and oxygen atoms in total. The van der Waals surface area contributed by atoms with Gasteiger partial charge in [-0.25, -0.2) is 0 Å². The van der Waals surface area contributed by atoms with Crippen LogP contribution < -0.4 is 0 Å². The first kappa shape index (κ1) is 26.2. The van der Waals surface area contributed by atoms with Crippen molar-refractivity contribution in [2.45, 2.75) is 87.8 Å². The van der Waals surface area contributed by atoms with Gasteiger partial charge in [-0.3, -0.25) is 0 Å². The van der Waals surface area contributed by atoms with Gasteiger partial charge in [-0.2, -0.15) is 0 Å². The van der Waals surface area contributed by atoms with Crippen LogP contribution in [0.3, 0.4) is 0 Å². The van der Waals surface area contributed by atoms with E-state index in [1.54, 1.807) is 16.8 Å². The van der Waals surface area contributed by atoms with Crippen LogP contribution in [0.5, 0.6) is 0 Å². The van der Waals surface area contributed by atoms with E-state index in [4.69, 9.17) is 23.3 Å². The maximum Gasteiger partial charge on any atom is 0.140 e. The van der Waals surface area contributed by atoms with Crippen molar-refractivity contribution in [1.29, 1.82) is 0 Å². The SMILES string of the molecule is CCCCCCCCCCCCS(S)(S)c1ccc(S)cc1C(C)=Cc1nncs1. The molecule has 0 aliphatic heterocycles. The summed E-state index contributed by atoms with van der Waals surface area (Å²) in [7, 11) is -1.46. The molecule has 2 aromatic rings. The minimum absolute atomic E-state index is 0.914. The second-order valence-corrected chi connectivity index (χ2v) is 16.0.